The Kier molecular flexibility index (Phi) is 3.08. The molecular formula is C12H14N4O2S. The third kappa shape index (κ3) is 2.15. The van der Waals surface area contributed by atoms with E-state index in [-0.39, 0.29) is 16.7 Å². The maximum absolute atomic E-state index is 11.4. The standard InChI is InChI=1S/C12H14N4O2S/c13-8-2-1-5-15(6-8)9-3-4-10-11(14-7-19-10)12(9)16(17)18/h3-4,7-8H,1-2,5-6,13H2. The predicted molar refractivity (Wildman–Crippen MR) is 75.7 cm³/mol. The summed E-state index contributed by atoms with van der Waals surface area (Å²) in [5.41, 5.74) is 8.82. The smallest absolute Gasteiger partial charge is 0.319 e. The molecule has 2 aromatic rings. The minimum Gasteiger partial charge on any atom is -0.364 e. The molecule has 7 heteroatoms. The number of hydrogen-bond donors (Lipinski definition) is 1. The zero-order valence-corrected chi connectivity index (χ0v) is 11.1. The molecule has 1 unspecified atom stereocenters. The lowest BCUT2D eigenvalue weighted by atomic mass is 10.1. The molecule has 2 heterocycles. The van der Waals surface area contributed by atoms with Crippen LogP contribution < -0.4 is 10.6 Å². The summed E-state index contributed by atoms with van der Waals surface area (Å²) in [6, 6.07) is 3.80. The van der Waals surface area contributed by atoms with Crippen LogP contribution in [0.4, 0.5) is 11.4 Å². The second kappa shape index (κ2) is 4.75. The topological polar surface area (TPSA) is 85.3 Å². The van der Waals surface area contributed by atoms with Crippen LogP contribution in [0.1, 0.15) is 12.8 Å². The second-order valence-corrected chi connectivity index (χ2v) is 5.62. The van der Waals surface area contributed by atoms with Crippen molar-refractivity contribution in [3.8, 4) is 0 Å². The number of nitrogens with two attached hydrogens (primary N) is 1. The predicted octanol–water partition coefficient (Wildman–Crippen LogP) is 2.13. The fraction of sp³-hybridized carbons (Fsp3) is 0.417. The molecule has 1 saturated heterocycles. The Morgan fingerprint density at radius 3 is 3.11 bits per heavy atom. The van der Waals surface area contributed by atoms with Crippen LogP contribution in [0.3, 0.4) is 0 Å². The van der Waals surface area contributed by atoms with Crippen molar-refractivity contribution in [3.05, 3.63) is 27.8 Å². The Balaban J connectivity index is 2.11. The monoisotopic (exact) mass is 278 g/mol. The van der Waals surface area contributed by atoms with Gasteiger partial charge in [0.1, 0.15) is 5.69 Å². The lowest BCUT2D eigenvalue weighted by Crippen LogP contribution is -2.43. The van der Waals surface area contributed by atoms with E-state index in [0.29, 0.717) is 17.7 Å². The van der Waals surface area contributed by atoms with Crippen molar-refractivity contribution in [1.82, 2.24) is 4.98 Å². The highest BCUT2D eigenvalue weighted by molar-refractivity contribution is 7.16. The number of nitro groups is 1. The summed E-state index contributed by atoms with van der Waals surface area (Å²) in [7, 11) is 0. The fourth-order valence-electron chi connectivity index (χ4n) is 2.57. The van der Waals surface area contributed by atoms with E-state index in [9.17, 15) is 10.1 Å². The summed E-state index contributed by atoms with van der Waals surface area (Å²) in [4.78, 5) is 17.2. The molecule has 0 aliphatic carbocycles. The third-order valence-electron chi connectivity index (χ3n) is 3.44. The van der Waals surface area contributed by atoms with E-state index in [1.165, 1.54) is 11.3 Å². The van der Waals surface area contributed by atoms with Crippen molar-refractivity contribution in [2.45, 2.75) is 18.9 Å². The number of aromatic nitrogens is 1. The highest BCUT2D eigenvalue weighted by atomic mass is 32.1. The molecule has 0 radical (unpaired) electrons. The van der Waals surface area contributed by atoms with Crippen molar-refractivity contribution >= 4 is 32.9 Å². The van der Waals surface area contributed by atoms with E-state index in [1.807, 2.05) is 17.0 Å². The highest BCUT2D eigenvalue weighted by Crippen LogP contribution is 2.37. The molecule has 1 aromatic carbocycles. The van der Waals surface area contributed by atoms with Gasteiger partial charge in [-0.2, -0.15) is 0 Å². The first-order valence-corrected chi connectivity index (χ1v) is 7.06. The molecule has 1 aliphatic heterocycles. The number of benzene rings is 1. The Morgan fingerprint density at radius 1 is 1.53 bits per heavy atom. The number of nitro benzene ring substituents is 1. The summed E-state index contributed by atoms with van der Waals surface area (Å²) < 4.78 is 0.844. The molecule has 1 aliphatic rings. The van der Waals surface area contributed by atoms with Gasteiger partial charge in [-0.3, -0.25) is 10.1 Å². The molecule has 0 saturated carbocycles. The van der Waals surface area contributed by atoms with Crippen molar-refractivity contribution in [3.63, 3.8) is 0 Å². The second-order valence-electron chi connectivity index (χ2n) is 4.74. The van der Waals surface area contributed by atoms with Gasteiger partial charge in [-0.1, -0.05) is 0 Å². The van der Waals surface area contributed by atoms with Gasteiger partial charge >= 0.3 is 5.69 Å². The van der Waals surface area contributed by atoms with E-state index in [0.717, 1.165) is 24.1 Å². The zero-order valence-electron chi connectivity index (χ0n) is 10.3. The molecule has 19 heavy (non-hydrogen) atoms. The van der Waals surface area contributed by atoms with E-state index in [4.69, 9.17) is 5.73 Å². The van der Waals surface area contributed by atoms with Crippen LogP contribution in [0.25, 0.3) is 10.2 Å². The third-order valence-corrected chi connectivity index (χ3v) is 4.23. The highest BCUT2D eigenvalue weighted by Gasteiger charge is 2.27. The molecule has 0 spiro atoms. The van der Waals surface area contributed by atoms with Crippen molar-refractivity contribution in [2.24, 2.45) is 5.73 Å². The van der Waals surface area contributed by atoms with Crippen molar-refractivity contribution in [1.29, 1.82) is 0 Å². The molecular weight excluding hydrogens is 264 g/mol. The van der Waals surface area contributed by atoms with Gasteiger partial charge in [0.25, 0.3) is 0 Å². The quantitative estimate of drug-likeness (QED) is 0.672. The van der Waals surface area contributed by atoms with E-state index in [2.05, 4.69) is 4.98 Å². The minimum absolute atomic E-state index is 0.0829. The number of hydrogen-bond acceptors (Lipinski definition) is 6. The van der Waals surface area contributed by atoms with Crippen LogP contribution in [0.5, 0.6) is 0 Å². The first-order chi connectivity index (χ1) is 9.16. The van der Waals surface area contributed by atoms with Crippen molar-refractivity contribution < 1.29 is 4.92 Å². The molecule has 0 amide bonds. The van der Waals surface area contributed by atoms with Crippen LogP contribution in [0, 0.1) is 10.1 Å². The van der Waals surface area contributed by atoms with Crippen LogP contribution in [-0.4, -0.2) is 29.0 Å². The van der Waals surface area contributed by atoms with E-state index < -0.39 is 0 Å². The number of anilines is 1. The average molecular weight is 278 g/mol. The number of fused-ring (bicyclic) bond motifs is 1. The number of nitrogens with zero attached hydrogens (tertiary/aromatic N) is 3. The lowest BCUT2D eigenvalue weighted by molar-refractivity contribution is -0.382. The Hall–Kier alpha value is -1.73. The number of thiazole rings is 1. The Labute approximate surface area is 114 Å². The molecule has 1 aromatic heterocycles. The summed E-state index contributed by atoms with van der Waals surface area (Å²) >= 11 is 1.42. The first kappa shape index (κ1) is 12.3. The van der Waals surface area contributed by atoms with Crippen LogP contribution in [0.2, 0.25) is 0 Å². The van der Waals surface area contributed by atoms with Crippen LogP contribution in [0.15, 0.2) is 17.6 Å². The van der Waals surface area contributed by atoms with Gasteiger partial charge in [0.15, 0.2) is 5.52 Å². The molecule has 2 N–H and O–H groups in total. The van der Waals surface area contributed by atoms with Gasteiger partial charge in [0.2, 0.25) is 0 Å². The van der Waals surface area contributed by atoms with Gasteiger partial charge < -0.3 is 10.6 Å². The first-order valence-electron chi connectivity index (χ1n) is 6.18. The van der Waals surface area contributed by atoms with Gasteiger partial charge in [-0.15, -0.1) is 11.3 Å². The lowest BCUT2D eigenvalue weighted by Gasteiger charge is -2.32. The number of piperidine rings is 1. The van der Waals surface area contributed by atoms with Crippen LogP contribution in [-0.2, 0) is 0 Å². The Bertz CT molecular complexity index is 627. The van der Waals surface area contributed by atoms with E-state index in [1.54, 1.807) is 5.51 Å². The van der Waals surface area contributed by atoms with Crippen LogP contribution >= 0.6 is 11.3 Å². The summed E-state index contributed by atoms with van der Waals surface area (Å²) in [5.74, 6) is 0. The molecule has 3 rings (SSSR count). The SMILES string of the molecule is NC1CCCN(c2ccc3scnc3c2[N+](=O)[O-])C1. The maximum Gasteiger partial charge on any atom is 0.319 e. The van der Waals surface area contributed by atoms with Crippen molar-refractivity contribution in [2.75, 3.05) is 18.0 Å². The molecule has 100 valence electrons. The maximum atomic E-state index is 11.4. The normalized spacial score (nSPS) is 19.8. The summed E-state index contributed by atoms with van der Waals surface area (Å²) in [5, 5.41) is 11.4. The molecule has 0 bridgehead atoms. The molecule has 1 fully saturated rings. The van der Waals surface area contributed by atoms with Gasteiger partial charge in [-0.05, 0) is 25.0 Å². The Morgan fingerprint density at radius 2 is 2.37 bits per heavy atom. The fourth-order valence-corrected chi connectivity index (χ4v) is 3.25. The van der Waals surface area contributed by atoms with Gasteiger partial charge in [0, 0.05) is 19.1 Å². The summed E-state index contributed by atoms with van der Waals surface area (Å²) in [6.45, 7) is 1.47. The van der Waals surface area contributed by atoms with E-state index >= 15 is 0 Å². The zero-order chi connectivity index (χ0) is 13.4. The minimum atomic E-state index is -0.336. The van der Waals surface area contributed by atoms with Gasteiger partial charge in [-0.25, -0.2) is 4.98 Å². The average Bonchev–Trinajstić information content (AvgIpc) is 2.85. The molecule has 1 atom stereocenters. The summed E-state index contributed by atoms with van der Waals surface area (Å²) in [6.07, 6.45) is 1.94. The van der Waals surface area contributed by atoms with Gasteiger partial charge in [0.05, 0.1) is 15.1 Å². The largest absolute Gasteiger partial charge is 0.364 e. The molecule has 6 nitrogen and oxygen atoms in total. The number of rotatable bonds is 2.